The van der Waals surface area contributed by atoms with Crippen LogP contribution in [0.25, 0.3) is 0 Å². The van der Waals surface area contributed by atoms with Gasteiger partial charge in [0.05, 0.1) is 6.17 Å². The van der Waals surface area contributed by atoms with Crippen LogP contribution in [0.4, 0.5) is 4.79 Å². The van der Waals surface area contributed by atoms with E-state index in [1.54, 1.807) is 6.92 Å². The molecular formula is C28H37ClN6O2. The zero-order chi connectivity index (χ0) is 26.8. The molecule has 1 aromatic heterocycles. The number of rotatable bonds is 6. The molecule has 2 aliphatic rings. The number of carbonyl (C=O) groups is 1. The third-order valence-corrected chi connectivity index (χ3v) is 7.86. The predicted molar refractivity (Wildman–Crippen MR) is 146 cm³/mol. The SMILES string of the molecule is CC1=CCC(N2NC(C)(C(C)(C)C)CC2NC(=O)NCc2ccccc2Oc2ncnc(Cl)c2C)C=C1. The van der Waals surface area contributed by atoms with E-state index in [0.29, 0.717) is 28.9 Å². The molecule has 2 aromatic rings. The lowest BCUT2D eigenvalue weighted by atomic mass is 9.73. The average molecular weight is 525 g/mol. The number of benzene rings is 1. The van der Waals surface area contributed by atoms with Crippen LogP contribution in [0.15, 0.2) is 54.4 Å². The first-order chi connectivity index (χ1) is 17.5. The van der Waals surface area contributed by atoms with Gasteiger partial charge in [-0.05, 0) is 38.7 Å². The molecule has 2 amide bonds. The van der Waals surface area contributed by atoms with Crippen LogP contribution in [0.3, 0.4) is 0 Å². The van der Waals surface area contributed by atoms with Crippen LogP contribution in [-0.4, -0.2) is 38.8 Å². The van der Waals surface area contributed by atoms with Crippen molar-refractivity contribution in [1.29, 1.82) is 0 Å². The van der Waals surface area contributed by atoms with Gasteiger partial charge in [0.25, 0.3) is 0 Å². The lowest BCUT2D eigenvalue weighted by Crippen LogP contribution is -2.57. The standard InChI is InChI=1S/C28H37ClN6O2/c1-18-11-13-21(14-12-18)35-23(15-28(6,34-35)27(3,4)5)33-26(36)30-16-20-9-7-8-10-22(20)37-25-19(2)24(29)31-17-32-25/h7-13,17,21,23,34H,14-16H2,1-6H3,(H2,30,33,36). The van der Waals surface area contributed by atoms with Crippen LogP contribution < -0.4 is 20.8 Å². The van der Waals surface area contributed by atoms with Crippen molar-refractivity contribution in [3.05, 3.63) is 70.7 Å². The van der Waals surface area contributed by atoms with Crippen molar-refractivity contribution < 1.29 is 9.53 Å². The fourth-order valence-corrected chi connectivity index (χ4v) is 4.60. The Hall–Kier alpha value is -2.94. The molecule has 2 heterocycles. The smallest absolute Gasteiger partial charge is 0.316 e. The van der Waals surface area contributed by atoms with E-state index >= 15 is 0 Å². The minimum Gasteiger partial charge on any atom is -0.438 e. The van der Waals surface area contributed by atoms with E-state index in [-0.39, 0.29) is 29.2 Å². The second-order valence-corrected chi connectivity index (χ2v) is 11.4. The molecule has 0 radical (unpaired) electrons. The van der Waals surface area contributed by atoms with Crippen molar-refractivity contribution in [2.24, 2.45) is 5.41 Å². The average Bonchev–Trinajstić information content (AvgIpc) is 3.19. The van der Waals surface area contributed by atoms with Crippen molar-refractivity contribution in [3.8, 4) is 11.6 Å². The van der Waals surface area contributed by atoms with E-state index in [1.165, 1.54) is 11.9 Å². The first-order valence-electron chi connectivity index (χ1n) is 12.7. The Kier molecular flexibility index (Phi) is 7.92. The summed E-state index contributed by atoms with van der Waals surface area (Å²) in [5, 5.41) is 8.74. The van der Waals surface area contributed by atoms with Crippen LogP contribution in [-0.2, 0) is 6.54 Å². The Morgan fingerprint density at radius 2 is 2.03 bits per heavy atom. The number of hydrogen-bond donors (Lipinski definition) is 3. The van der Waals surface area contributed by atoms with Crippen molar-refractivity contribution in [3.63, 3.8) is 0 Å². The molecule has 8 nitrogen and oxygen atoms in total. The molecule has 3 atom stereocenters. The molecule has 1 aromatic carbocycles. The van der Waals surface area contributed by atoms with Crippen molar-refractivity contribution in [2.45, 2.75) is 78.7 Å². The summed E-state index contributed by atoms with van der Waals surface area (Å²) < 4.78 is 6.02. The topological polar surface area (TPSA) is 91.4 Å². The van der Waals surface area contributed by atoms with Crippen molar-refractivity contribution in [2.75, 3.05) is 0 Å². The maximum Gasteiger partial charge on any atom is 0.316 e. The summed E-state index contributed by atoms with van der Waals surface area (Å²) >= 11 is 6.11. The summed E-state index contributed by atoms with van der Waals surface area (Å²) in [7, 11) is 0. The van der Waals surface area contributed by atoms with Crippen LogP contribution in [0.1, 0.15) is 58.6 Å². The van der Waals surface area contributed by atoms with Crippen LogP contribution in [0.2, 0.25) is 5.15 Å². The highest BCUT2D eigenvalue weighted by Crippen LogP contribution is 2.40. The lowest BCUT2D eigenvalue weighted by Gasteiger charge is -2.40. The summed E-state index contributed by atoms with van der Waals surface area (Å²) in [4.78, 5) is 21.3. The van der Waals surface area contributed by atoms with Gasteiger partial charge < -0.3 is 15.4 Å². The predicted octanol–water partition coefficient (Wildman–Crippen LogP) is 5.65. The van der Waals surface area contributed by atoms with Gasteiger partial charge in [-0.3, -0.25) is 0 Å². The van der Waals surface area contributed by atoms with E-state index in [1.807, 2.05) is 24.3 Å². The van der Waals surface area contributed by atoms with Crippen molar-refractivity contribution in [1.82, 2.24) is 31.0 Å². The molecule has 1 fully saturated rings. The monoisotopic (exact) mass is 524 g/mol. The van der Waals surface area contributed by atoms with E-state index in [2.05, 4.69) is 83.9 Å². The Bertz CT molecular complexity index is 1210. The Morgan fingerprint density at radius 1 is 1.27 bits per heavy atom. The third-order valence-electron chi connectivity index (χ3n) is 7.48. The van der Waals surface area contributed by atoms with E-state index in [4.69, 9.17) is 16.3 Å². The lowest BCUT2D eigenvalue weighted by molar-refractivity contribution is 0.0789. The molecule has 198 valence electrons. The van der Waals surface area contributed by atoms with Crippen LogP contribution >= 0.6 is 11.6 Å². The van der Waals surface area contributed by atoms with E-state index in [9.17, 15) is 4.79 Å². The number of para-hydroxylation sites is 1. The number of amides is 2. The molecular weight excluding hydrogens is 488 g/mol. The highest BCUT2D eigenvalue weighted by Gasteiger charge is 2.49. The fraction of sp³-hybridized carbons (Fsp3) is 0.464. The van der Waals surface area contributed by atoms with E-state index < -0.39 is 0 Å². The first kappa shape index (κ1) is 27.1. The summed E-state index contributed by atoms with van der Waals surface area (Å²) in [6.07, 6.45) is 9.46. The summed E-state index contributed by atoms with van der Waals surface area (Å²) in [6, 6.07) is 7.46. The van der Waals surface area contributed by atoms with Gasteiger partial charge in [-0.2, -0.15) is 0 Å². The number of carbonyl (C=O) groups excluding carboxylic acids is 1. The van der Waals surface area contributed by atoms with Gasteiger partial charge in [0, 0.05) is 35.7 Å². The number of halogens is 1. The molecule has 1 aliphatic heterocycles. The second kappa shape index (κ2) is 10.8. The zero-order valence-corrected chi connectivity index (χ0v) is 23.2. The van der Waals surface area contributed by atoms with Gasteiger partial charge in [0.2, 0.25) is 5.88 Å². The van der Waals surface area contributed by atoms with Gasteiger partial charge >= 0.3 is 6.03 Å². The number of nitrogens with zero attached hydrogens (tertiary/aromatic N) is 3. The van der Waals surface area contributed by atoms with Gasteiger partial charge in [-0.1, -0.05) is 74.4 Å². The van der Waals surface area contributed by atoms with Gasteiger partial charge in [0.1, 0.15) is 17.2 Å². The van der Waals surface area contributed by atoms with Gasteiger partial charge in [0.15, 0.2) is 0 Å². The molecule has 0 bridgehead atoms. The third kappa shape index (κ3) is 6.14. The van der Waals surface area contributed by atoms with Crippen LogP contribution in [0, 0.1) is 12.3 Å². The minimum atomic E-state index is -0.238. The highest BCUT2D eigenvalue weighted by molar-refractivity contribution is 6.30. The summed E-state index contributed by atoms with van der Waals surface area (Å²) in [6.45, 7) is 13.1. The molecule has 9 heteroatoms. The Balaban J connectivity index is 1.44. The molecule has 3 unspecified atom stereocenters. The maximum absolute atomic E-state index is 13.1. The molecule has 4 rings (SSSR count). The quantitative estimate of drug-likeness (QED) is 0.423. The number of hydrazine groups is 1. The summed E-state index contributed by atoms with van der Waals surface area (Å²) in [5.41, 5.74) is 6.30. The van der Waals surface area contributed by atoms with E-state index in [0.717, 1.165) is 18.4 Å². The van der Waals surface area contributed by atoms with Crippen molar-refractivity contribution >= 4 is 17.6 Å². The number of nitrogens with one attached hydrogen (secondary N) is 3. The highest BCUT2D eigenvalue weighted by atomic mass is 35.5. The minimum absolute atomic E-state index is 0.000589. The fourth-order valence-electron chi connectivity index (χ4n) is 4.47. The molecule has 37 heavy (non-hydrogen) atoms. The number of urea groups is 1. The van der Waals surface area contributed by atoms with Crippen LogP contribution in [0.5, 0.6) is 11.6 Å². The Morgan fingerprint density at radius 3 is 2.73 bits per heavy atom. The van der Waals surface area contributed by atoms with Gasteiger partial charge in [-0.15, -0.1) is 0 Å². The number of ether oxygens (including phenoxy) is 1. The molecule has 0 saturated carbocycles. The summed E-state index contributed by atoms with van der Waals surface area (Å²) in [5.74, 6) is 0.982. The largest absolute Gasteiger partial charge is 0.438 e. The molecule has 0 spiro atoms. The number of hydrogen-bond acceptors (Lipinski definition) is 6. The molecule has 1 aliphatic carbocycles. The normalized spacial score (nSPS) is 24.0. The molecule has 1 saturated heterocycles. The molecule has 3 N–H and O–H groups in total. The maximum atomic E-state index is 13.1. The van der Waals surface area contributed by atoms with Gasteiger partial charge in [-0.25, -0.2) is 25.2 Å². The first-order valence-corrected chi connectivity index (χ1v) is 13.0. The Labute approximate surface area is 224 Å². The number of aromatic nitrogens is 2. The number of allylic oxidation sites excluding steroid dienone is 2. The zero-order valence-electron chi connectivity index (χ0n) is 22.4. The second-order valence-electron chi connectivity index (χ2n) is 11.1.